The SMILES string of the molecule is C[C@H]1CN(C[C@@H](O)COc2ccccc2)CCN1Cc1nccn1C. The number of para-hydroxylation sites is 1. The molecule has 1 aliphatic rings. The second-order valence-corrected chi connectivity index (χ2v) is 6.81. The van der Waals surface area contributed by atoms with Gasteiger partial charge in [-0.3, -0.25) is 9.80 Å². The molecule has 25 heavy (non-hydrogen) atoms. The monoisotopic (exact) mass is 344 g/mol. The summed E-state index contributed by atoms with van der Waals surface area (Å²) in [5, 5.41) is 10.3. The van der Waals surface area contributed by atoms with E-state index in [1.165, 1.54) is 0 Å². The van der Waals surface area contributed by atoms with Gasteiger partial charge in [0.25, 0.3) is 0 Å². The Labute approximate surface area is 149 Å². The maximum Gasteiger partial charge on any atom is 0.122 e. The number of β-amino-alcohol motifs (C(OH)–C–C–N with tert-alkyl or cyclic N) is 1. The average molecular weight is 344 g/mol. The van der Waals surface area contributed by atoms with Crippen molar-refractivity contribution in [2.75, 3.05) is 32.8 Å². The van der Waals surface area contributed by atoms with Crippen LogP contribution in [0.3, 0.4) is 0 Å². The first-order chi connectivity index (χ1) is 12.1. The summed E-state index contributed by atoms with van der Waals surface area (Å²) in [6, 6.07) is 10.1. The summed E-state index contributed by atoms with van der Waals surface area (Å²) in [5.41, 5.74) is 0. The van der Waals surface area contributed by atoms with Crippen LogP contribution in [0.15, 0.2) is 42.7 Å². The van der Waals surface area contributed by atoms with E-state index in [0.717, 1.165) is 37.8 Å². The van der Waals surface area contributed by atoms with E-state index in [1.807, 2.05) is 49.8 Å². The lowest BCUT2D eigenvalue weighted by molar-refractivity contribution is 0.0246. The van der Waals surface area contributed by atoms with Gasteiger partial charge in [-0.1, -0.05) is 18.2 Å². The molecule has 2 atom stereocenters. The second kappa shape index (κ2) is 8.47. The Morgan fingerprint density at radius 3 is 2.76 bits per heavy atom. The van der Waals surface area contributed by atoms with Crippen LogP contribution in [0, 0.1) is 0 Å². The van der Waals surface area contributed by atoms with Gasteiger partial charge in [-0.15, -0.1) is 0 Å². The van der Waals surface area contributed by atoms with Gasteiger partial charge >= 0.3 is 0 Å². The second-order valence-electron chi connectivity index (χ2n) is 6.81. The number of piperazine rings is 1. The Balaban J connectivity index is 1.42. The third kappa shape index (κ3) is 5.04. The lowest BCUT2D eigenvalue weighted by Crippen LogP contribution is -2.53. The van der Waals surface area contributed by atoms with Crippen molar-refractivity contribution in [2.24, 2.45) is 7.05 Å². The van der Waals surface area contributed by atoms with E-state index in [9.17, 15) is 5.11 Å². The van der Waals surface area contributed by atoms with E-state index in [2.05, 4.69) is 26.3 Å². The van der Waals surface area contributed by atoms with Gasteiger partial charge in [-0.25, -0.2) is 4.98 Å². The molecule has 0 unspecified atom stereocenters. The van der Waals surface area contributed by atoms with E-state index in [-0.39, 0.29) is 0 Å². The number of benzene rings is 1. The minimum absolute atomic E-state index is 0.325. The minimum atomic E-state index is -0.478. The molecule has 1 aromatic carbocycles. The number of hydrogen-bond acceptors (Lipinski definition) is 5. The van der Waals surface area contributed by atoms with E-state index in [0.29, 0.717) is 19.2 Å². The predicted octanol–water partition coefficient (Wildman–Crippen LogP) is 1.37. The van der Waals surface area contributed by atoms with Crippen molar-refractivity contribution < 1.29 is 9.84 Å². The number of ether oxygens (including phenoxy) is 1. The molecule has 1 N–H and O–H groups in total. The third-order valence-electron chi connectivity index (χ3n) is 4.77. The molecule has 0 aliphatic carbocycles. The van der Waals surface area contributed by atoms with Crippen molar-refractivity contribution in [1.29, 1.82) is 0 Å². The van der Waals surface area contributed by atoms with Crippen molar-refractivity contribution in [1.82, 2.24) is 19.4 Å². The van der Waals surface area contributed by atoms with Crippen LogP contribution in [-0.4, -0.2) is 69.4 Å². The van der Waals surface area contributed by atoms with Crippen LogP contribution < -0.4 is 4.74 Å². The summed E-state index contributed by atoms with van der Waals surface area (Å²) < 4.78 is 7.72. The molecule has 136 valence electrons. The highest BCUT2D eigenvalue weighted by Crippen LogP contribution is 2.14. The van der Waals surface area contributed by atoms with Crippen molar-refractivity contribution >= 4 is 0 Å². The molecule has 1 saturated heterocycles. The molecule has 1 fully saturated rings. The van der Waals surface area contributed by atoms with E-state index in [4.69, 9.17) is 4.74 Å². The van der Waals surface area contributed by atoms with Gasteiger partial charge in [-0.2, -0.15) is 0 Å². The van der Waals surface area contributed by atoms with Crippen LogP contribution in [-0.2, 0) is 13.6 Å². The highest BCUT2D eigenvalue weighted by molar-refractivity contribution is 5.20. The predicted molar refractivity (Wildman–Crippen MR) is 97.5 cm³/mol. The smallest absolute Gasteiger partial charge is 0.122 e. The molecule has 0 spiro atoms. The van der Waals surface area contributed by atoms with Crippen LogP contribution in [0.1, 0.15) is 12.7 Å². The topological polar surface area (TPSA) is 53.8 Å². The number of hydrogen-bond donors (Lipinski definition) is 1. The largest absolute Gasteiger partial charge is 0.491 e. The van der Waals surface area contributed by atoms with Crippen LogP contribution in [0.2, 0.25) is 0 Å². The molecule has 2 heterocycles. The maximum absolute atomic E-state index is 10.3. The number of aliphatic hydroxyl groups excluding tert-OH is 1. The molecule has 6 heteroatoms. The number of aliphatic hydroxyl groups is 1. The number of aryl methyl sites for hydroxylation is 1. The lowest BCUT2D eigenvalue weighted by atomic mass is 10.1. The molecule has 2 aromatic rings. The summed E-state index contributed by atoms with van der Waals surface area (Å²) in [4.78, 5) is 9.18. The number of nitrogens with zero attached hydrogens (tertiary/aromatic N) is 4. The van der Waals surface area contributed by atoms with Gasteiger partial charge in [0.15, 0.2) is 0 Å². The standard InChI is InChI=1S/C19H28N4O2/c1-16-12-22(10-11-23(16)14-19-20-8-9-21(19)2)13-17(24)15-25-18-6-4-3-5-7-18/h3-9,16-17,24H,10-15H2,1-2H3/t16-,17+/m0/s1. The molecule has 0 amide bonds. The van der Waals surface area contributed by atoms with Crippen LogP contribution in [0.5, 0.6) is 5.75 Å². The molecule has 0 radical (unpaired) electrons. The first-order valence-electron chi connectivity index (χ1n) is 8.90. The highest BCUT2D eigenvalue weighted by Gasteiger charge is 2.25. The van der Waals surface area contributed by atoms with Crippen molar-refractivity contribution in [3.05, 3.63) is 48.5 Å². The molecule has 1 aromatic heterocycles. The Kier molecular flexibility index (Phi) is 6.07. The van der Waals surface area contributed by atoms with Gasteiger partial charge in [0, 0.05) is 51.7 Å². The van der Waals surface area contributed by atoms with E-state index >= 15 is 0 Å². The normalized spacial score (nSPS) is 20.5. The number of rotatable bonds is 7. The van der Waals surface area contributed by atoms with Gasteiger partial charge in [0.05, 0.1) is 6.54 Å². The molecular formula is C19H28N4O2. The summed E-state index contributed by atoms with van der Waals surface area (Å²) in [6.07, 6.45) is 3.35. The zero-order valence-corrected chi connectivity index (χ0v) is 15.1. The summed E-state index contributed by atoms with van der Waals surface area (Å²) in [6.45, 7) is 6.98. The fraction of sp³-hybridized carbons (Fsp3) is 0.526. The molecule has 3 rings (SSSR count). The fourth-order valence-electron chi connectivity index (χ4n) is 3.26. The maximum atomic E-state index is 10.3. The minimum Gasteiger partial charge on any atom is -0.491 e. The Bertz CT molecular complexity index is 646. The first-order valence-corrected chi connectivity index (χ1v) is 8.90. The Morgan fingerprint density at radius 2 is 2.08 bits per heavy atom. The molecule has 0 bridgehead atoms. The average Bonchev–Trinajstić information content (AvgIpc) is 3.01. The van der Waals surface area contributed by atoms with Crippen molar-refractivity contribution in [3.8, 4) is 5.75 Å². The van der Waals surface area contributed by atoms with Gasteiger partial charge < -0.3 is 14.4 Å². The highest BCUT2D eigenvalue weighted by atomic mass is 16.5. The van der Waals surface area contributed by atoms with Crippen LogP contribution in [0.25, 0.3) is 0 Å². The number of imidazole rings is 1. The van der Waals surface area contributed by atoms with E-state index < -0.39 is 6.10 Å². The van der Waals surface area contributed by atoms with E-state index in [1.54, 1.807) is 0 Å². The summed E-state index contributed by atoms with van der Waals surface area (Å²) >= 11 is 0. The quantitative estimate of drug-likeness (QED) is 0.822. The zero-order valence-electron chi connectivity index (χ0n) is 15.1. The fourth-order valence-corrected chi connectivity index (χ4v) is 3.26. The van der Waals surface area contributed by atoms with Crippen LogP contribution >= 0.6 is 0 Å². The lowest BCUT2D eigenvalue weighted by Gasteiger charge is -2.40. The van der Waals surface area contributed by atoms with Crippen molar-refractivity contribution in [2.45, 2.75) is 25.6 Å². The number of aromatic nitrogens is 2. The Hall–Kier alpha value is -1.89. The molecule has 0 saturated carbocycles. The first kappa shape index (κ1) is 17.9. The van der Waals surface area contributed by atoms with Crippen LogP contribution in [0.4, 0.5) is 0 Å². The summed E-state index contributed by atoms with van der Waals surface area (Å²) in [5.74, 6) is 1.89. The molecular weight excluding hydrogens is 316 g/mol. The van der Waals surface area contributed by atoms with Gasteiger partial charge in [0.2, 0.25) is 0 Å². The van der Waals surface area contributed by atoms with Crippen molar-refractivity contribution in [3.63, 3.8) is 0 Å². The zero-order chi connectivity index (χ0) is 17.6. The van der Waals surface area contributed by atoms with Gasteiger partial charge in [0.1, 0.15) is 24.3 Å². The Morgan fingerprint density at radius 1 is 1.28 bits per heavy atom. The third-order valence-corrected chi connectivity index (χ3v) is 4.77. The molecule has 6 nitrogen and oxygen atoms in total. The molecule has 1 aliphatic heterocycles. The van der Waals surface area contributed by atoms with Gasteiger partial charge in [-0.05, 0) is 19.1 Å². The summed E-state index contributed by atoms with van der Waals surface area (Å²) in [7, 11) is 2.03.